The number of carboxylic acid groups (broad SMARTS) is 1. The fourth-order valence-electron chi connectivity index (χ4n) is 6.71. The Balaban J connectivity index is 1.24. The Labute approximate surface area is 227 Å². The van der Waals surface area contributed by atoms with Crippen molar-refractivity contribution in [3.63, 3.8) is 0 Å². The number of carboxylic acids is 1. The van der Waals surface area contributed by atoms with Gasteiger partial charge in [0.25, 0.3) is 0 Å². The van der Waals surface area contributed by atoms with E-state index in [0.29, 0.717) is 12.0 Å². The SMILES string of the molecule is N#C/C(=C\c1ccc2c(c1)C1CCCC1N2c1ccc(C=C2c3ccccc3-c3ccccc32)cc1)C(=O)O. The van der Waals surface area contributed by atoms with Crippen molar-refractivity contribution in [1.82, 2.24) is 0 Å². The van der Waals surface area contributed by atoms with Gasteiger partial charge in [-0.3, -0.25) is 0 Å². The van der Waals surface area contributed by atoms with Gasteiger partial charge in [0.2, 0.25) is 0 Å². The van der Waals surface area contributed by atoms with Crippen molar-refractivity contribution in [3.8, 4) is 17.2 Å². The highest BCUT2D eigenvalue weighted by atomic mass is 16.4. The van der Waals surface area contributed by atoms with Gasteiger partial charge in [0.15, 0.2) is 0 Å². The lowest BCUT2D eigenvalue weighted by molar-refractivity contribution is -0.132. The second-order valence-corrected chi connectivity index (χ2v) is 10.5. The largest absolute Gasteiger partial charge is 0.477 e. The third-order valence-electron chi connectivity index (χ3n) is 8.39. The Morgan fingerprint density at radius 1 is 0.846 bits per heavy atom. The van der Waals surface area contributed by atoms with Crippen LogP contribution in [0.15, 0.2) is 96.6 Å². The van der Waals surface area contributed by atoms with E-state index in [4.69, 9.17) is 0 Å². The number of nitriles is 1. The standard InChI is InChI=1S/C35H26N2O2/c36-21-24(35(38)39)18-23-14-17-34-32(20-23)30-10-5-11-33(30)37(34)25-15-12-22(13-16-25)19-31-28-8-3-1-6-26(28)27-7-2-4-9-29(27)31/h1-4,6-9,12-20,30,33H,5,10-11H2,(H,38,39)/b24-18+. The molecule has 7 rings (SSSR count). The maximum atomic E-state index is 11.3. The van der Waals surface area contributed by atoms with Crippen molar-refractivity contribution in [2.45, 2.75) is 31.2 Å². The lowest BCUT2D eigenvalue weighted by Gasteiger charge is -2.27. The molecule has 1 aliphatic heterocycles. The maximum Gasteiger partial charge on any atom is 0.346 e. The third-order valence-corrected chi connectivity index (χ3v) is 8.39. The molecule has 2 unspecified atom stereocenters. The average molecular weight is 507 g/mol. The molecule has 4 nitrogen and oxygen atoms in total. The van der Waals surface area contributed by atoms with Crippen LogP contribution in [-0.4, -0.2) is 17.1 Å². The molecule has 0 saturated heterocycles. The highest BCUT2D eigenvalue weighted by Gasteiger charge is 2.42. The molecule has 1 saturated carbocycles. The second kappa shape index (κ2) is 9.15. The highest BCUT2D eigenvalue weighted by Crippen LogP contribution is 2.52. The van der Waals surface area contributed by atoms with E-state index in [-0.39, 0.29) is 5.57 Å². The van der Waals surface area contributed by atoms with Gasteiger partial charge in [-0.25, -0.2) is 4.79 Å². The molecule has 3 aliphatic rings. The zero-order chi connectivity index (χ0) is 26.5. The molecule has 1 fully saturated rings. The third kappa shape index (κ3) is 3.78. The number of hydrogen-bond donors (Lipinski definition) is 1. The van der Waals surface area contributed by atoms with Crippen LogP contribution in [0.4, 0.5) is 11.4 Å². The van der Waals surface area contributed by atoms with E-state index in [9.17, 15) is 15.2 Å². The van der Waals surface area contributed by atoms with Crippen molar-refractivity contribution in [2.24, 2.45) is 0 Å². The first-order valence-corrected chi connectivity index (χ1v) is 13.4. The van der Waals surface area contributed by atoms with Crippen molar-refractivity contribution >= 4 is 35.1 Å². The van der Waals surface area contributed by atoms with Crippen LogP contribution in [0.25, 0.3) is 28.9 Å². The zero-order valence-electron chi connectivity index (χ0n) is 21.3. The summed E-state index contributed by atoms with van der Waals surface area (Å²) < 4.78 is 0. The number of hydrogen-bond acceptors (Lipinski definition) is 3. The molecule has 4 aromatic rings. The van der Waals surface area contributed by atoms with Crippen molar-refractivity contribution < 1.29 is 9.90 Å². The van der Waals surface area contributed by atoms with Gasteiger partial charge in [-0.15, -0.1) is 0 Å². The minimum atomic E-state index is -1.20. The lowest BCUT2D eigenvalue weighted by Crippen LogP contribution is -2.26. The van der Waals surface area contributed by atoms with Crippen LogP contribution in [0.5, 0.6) is 0 Å². The summed E-state index contributed by atoms with van der Waals surface area (Å²) in [5, 5.41) is 18.5. The molecular formula is C35H26N2O2. The molecule has 188 valence electrons. The van der Waals surface area contributed by atoms with Crippen molar-refractivity contribution in [3.05, 3.63) is 124 Å². The van der Waals surface area contributed by atoms with Crippen LogP contribution in [0.2, 0.25) is 0 Å². The first kappa shape index (κ1) is 23.3. The summed E-state index contributed by atoms with van der Waals surface area (Å²) >= 11 is 0. The summed E-state index contributed by atoms with van der Waals surface area (Å²) in [5.74, 6) is -0.782. The van der Waals surface area contributed by atoms with E-state index in [1.165, 1.54) is 62.8 Å². The van der Waals surface area contributed by atoms with Crippen molar-refractivity contribution in [1.29, 1.82) is 5.26 Å². The topological polar surface area (TPSA) is 64.3 Å². The molecule has 0 aromatic heterocycles. The maximum absolute atomic E-state index is 11.3. The van der Waals surface area contributed by atoms with Gasteiger partial charge in [0.05, 0.1) is 0 Å². The molecule has 0 spiro atoms. The zero-order valence-corrected chi connectivity index (χ0v) is 21.3. The van der Waals surface area contributed by atoms with Gasteiger partial charge < -0.3 is 10.0 Å². The molecule has 2 aliphatic carbocycles. The molecule has 0 bridgehead atoms. The van der Waals surface area contributed by atoms with Gasteiger partial charge in [-0.2, -0.15) is 5.26 Å². The minimum absolute atomic E-state index is 0.245. The van der Waals surface area contributed by atoms with Gasteiger partial charge in [-0.05, 0) is 93.8 Å². The predicted molar refractivity (Wildman–Crippen MR) is 155 cm³/mol. The minimum Gasteiger partial charge on any atom is -0.477 e. The number of nitrogens with zero attached hydrogens (tertiary/aromatic N) is 2. The van der Waals surface area contributed by atoms with E-state index in [0.717, 1.165) is 18.4 Å². The highest BCUT2D eigenvalue weighted by molar-refractivity contribution is 6.06. The number of rotatable bonds is 4. The summed E-state index contributed by atoms with van der Waals surface area (Å²) in [7, 11) is 0. The van der Waals surface area contributed by atoms with Crippen molar-refractivity contribution in [2.75, 3.05) is 4.90 Å². The van der Waals surface area contributed by atoms with E-state index in [2.05, 4.69) is 95.9 Å². The second-order valence-electron chi connectivity index (χ2n) is 10.5. The Kier molecular flexibility index (Phi) is 5.45. The Hall–Kier alpha value is -4.88. The quantitative estimate of drug-likeness (QED) is 0.198. The molecule has 0 radical (unpaired) electrons. The van der Waals surface area contributed by atoms with Crippen LogP contribution in [-0.2, 0) is 4.79 Å². The Bertz CT molecular complexity index is 1690. The Morgan fingerprint density at radius 2 is 1.49 bits per heavy atom. The number of benzene rings is 4. The van der Waals surface area contributed by atoms with Gasteiger partial charge in [0, 0.05) is 23.3 Å². The molecule has 2 atom stereocenters. The van der Waals surface area contributed by atoms with Gasteiger partial charge in [0.1, 0.15) is 11.6 Å². The first-order valence-electron chi connectivity index (χ1n) is 13.4. The lowest BCUT2D eigenvalue weighted by atomic mass is 9.95. The molecule has 39 heavy (non-hydrogen) atoms. The molecule has 1 heterocycles. The smallest absolute Gasteiger partial charge is 0.346 e. The molecule has 1 N–H and O–H groups in total. The summed E-state index contributed by atoms with van der Waals surface area (Å²) in [4.78, 5) is 13.8. The van der Waals surface area contributed by atoms with Gasteiger partial charge >= 0.3 is 5.97 Å². The molecular weight excluding hydrogens is 480 g/mol. The number of anilines is 2. The van der Waals surface area contributed by atoms with Crippen LogP contribution in [0.3, 0.4) is 0 Å². The summed E-state index contributed by atoms with van der Waals surface area (Å²) in [5.41, 5.74) is 11.7. The molecule has 4 heteroatoms. The van der Waals surface area contributed by atoms with Crippen LogP contribution in [0.1, 0.15) is 53.0 Å². The van der Waals surface area contributed by atoms with E-state index in [1.54, 1.807) is 6.07 Å². The summed E-state index contributed by atoms with van der Waals surface area (Å²) in [6, 6.07) is 34.3. The summed E-state index contributed by atoms with van der Waals surface area (Å²) in [6.07, 6.45) is 7.18. The predicted octanol–water partition coefficient (Wildman–Crippen LogP) is 8.04. The van der Waals surface area contributed by atoms with E-state index < -0.39 is 5.97 Å². The van der Waals surface area contributed by atoms with E-state index >= 15 is 0 Å². The first-order chi connectivity index (χ1) is 19.1. The van der Waals surface area contributed by atoms with Crippen LogP contribution in [0, 0.1) is 11.3 Å². The summed E-state index contributed by atoms with van der Waals surface area (Å²) in [6.45, 7) is 0. The van der Waals surface area contributed by atoms with E-state index in [1.807, 2.05) is 6.07 Å². The number of aliphatic carboxylic acids is 1. The number of fused-ring (bicyclic) bond motifs is 6. The van der Waals surface area contributed by atoms with Crippen LogP contribution < -0.4 is 4.90 Å². The monoisotopic (exact) mass is 506 g/mol. The fourth-order valence-corrected chi connectivity index (χ4v) is 6.71. The normalized spacial score (nSPS) is 18.7. The van der Waals surface area contributed by atoms with Crippen LogP contribution >= 0.6 is 0 Å². The molecule has 0 amide bonds. The Morgan fingerprint density at radius 3 is 2.13 bits per heavy atom. The molecule has 4 aromatic carbocycles. The fraction of sp³-hybridized carbons (Fsp3) is 0.143. The average Bonchev–Trinajstić information content (AvgIpc) is 3.64. The van der Waals surface area contributed by atoms with Gasteiger partial charge in [-0.1, -0.05) is 73.2 Å². The number of carbonyl (C=O) groups is 1.